The Bertz CT molecular complexity index is 6490. The maximum atomic E-state index is 4.89. The molecule has 0 unspecified atom stereocenters. The zero-order valence-electron chi connectivity index (χ0n) is 72.7. The highest BCUT2D eigenvalue weighted by atomic mass is 15.1. The van der Waals surface area contributed by atoms with E-state index in [1.165, 1.54) is 115 Å². The molecule has 1 fully saturated rings. The molecule has 0 aliphatic heterocycles. The van der Waals surface area contributed by atoms with Crippen LogP contribution in [0.25, 0.3) is 158 Å². The Morgan fingerprint density at radius 1 is 0.210 bits per heavy atom. The molecule has 4 heterocycles. The second-order valence-corrected chi connectivity index (χ2v) is 33.2. The van der Waals surface area contributed by atoms with Crippen molar-refractivity contribution in [3.05, 3.63) is 383 Å². The van der Waals surface area contributed by atoms with Crippen molar-refractivity contribution in [1.29, 1.82) is 0 Å². The first-order valence-corrected chi connectivity index (χ1v) is 43.1. The van der Waals surface area contributed by atoms with Gasteiger partial charge in [0.15, 0.2) is 58.2 Å². The fourth-order valence-corrected chi connectivity index (χ4v) is 16.1. The predicted molar refractivity (Wildman–Crippen MR) is 511 cm³/mol. The molecule has 14 aromatic carbocycles. The maximum Gasteiger partial charge on any atom is 0.164 e. The van der Waals surface area contributed by atoms with E-state index in [1.54, 1.807) is 0 Å². The van der Waals surface area contributed by atoms with Crippen LogP contribution in [-0.4, -0.2) is 59.8 Å². The van der Waals surface area contributed by atoms with Crippen LogP contribution in [0.5, 0.6) is 0 Å². The minimum Gasteiger partial charge on any atom is -0.213 e. The SMILES string of the molecule is Cc1cc(C)c2ccc(-c3nc(C)nc(-c4ccc5c(C)cc(C)cc5c4)n3)cc2c1.Cc1ccc(-c2nc(-c3ccc(C(C)C)cc3)nc(-c3ccc(C(C)C)cc3)n2)cc1.Cc1ccc(-c2nc(-c3ccccc3)nc(-c3cccc(C4CCCCC4)c3)n2)cc1.Cc1nc(-c2cccc(-c3ccccc3)c2)nc(-c2cccc(-c3ccccc3)c2)n1. The van der Waals surface area contributed by atoms with Crippen LogP contribution in [0, 0.1) is 55.4 Å². The molecule has 1 saturated carbocycles. The third-order valence-electron chi connectivity index (χ3n) is 22.9. The molecule has 0 spiro atoms. The minimum absolute atomic E-state index is 0.491. The molecule has 4 aromatic heterocycles. The van der Waals surface area contributed by atoms with Gasteiger partial charge in [-0.1, -0.05) is 360 Å². The molecule has 1 aliphatic rings. The Labute approximate surface area is 729 Å². The van der Waals surface area contributed by atoms with Crippen molar-refractivity contribution in [2.24, 2.45) is 0 Å². The summed E-state index contributed by atoms with van der Waals surface area (Å²) in [5.41, 5.74) is 26.2. The first-order valence-electron chi connectivity index (χ1n) is 43.1. The summed E-state index contributed by atoms with van der Waals surface area (Å²) in [6, 6.07) is 112. The Kier molecular flexibility index (Phi) is 25.6. The average molecular weight is 1620 g/mol. The zero-order valence-corrected chi connectivity index (χ0v) is 72.7. The van der Waals surface area contributed by atoms with Gasteiger partial charge < -0.3 is 0 Å². The summed E-state index contributed by atoms with van der Waals surface area (Å²) in [4.78, 5) is 57.3. The first-order chi connectivity index (χ1) is 60.3. The molecule has 124 heavy (non-hydrogen) atoms. The van der Waals surface area contributed by atoms with Gasteiger partial charge in [-0.05, 0) is 188 Å². The smallest absolute Gasteiger partial charge is 0.164 e. The summed E-state index contributed by atoms with van der Waals surface area (Å²) in [5.74, 6) is 10.1. The standard InChI is InChI=1S/C28H25N3.C28H21N3.C28H27N3.C28H29N3/c1-16-10-18(3)25-8-6-21(14-23(25)12-16)27-29-20(5)30-28(31-27)22-7-9-26-19(4)11-17(2)13-24(26)15-22;1-20-29-27(25-16-8-14-23(18-25)21-10-4-2-5-11-21)31-28(30-20)26-17-9-15-24(19-26)22-12-6-3-7-13-22;1-20-15-17-23(18-16-20)27-29-26(22-11-6-3-7-12-22)30-28(31-27)25-14-8-13-24(19-25)21-9-4-2-5-10-21;1-18(2)21-10-14-24(15-11-21)27-29-26(23-8-6-20(5)7-9-23)30-28(31-27)25-16-12-22(13-17-25)19(3)4/h6-15H,1-5H3;2-19H,1H3;3,6-8,11-19,21H,2,4-5,9-10H2,1H3;6-19H,1-5H3. The van der Waals surface area contributed by atoms with Crippen molar-refractivity contribution in [2.45, 2.75) is 133 Å². The van der Waals surface area contributed by atoms with E-state index in [2.05, 4.69) is 332 Å². The molecule has 19 rings (SSSR count). The number of aromatic nitrogens is 12. The quantitative estimate of drug-likeness (QED) is 0.0959. The van der Waals surface area contributed by atoms with Crippen LogP contribution in [0.2, 0.25) is 0 Å². The summed E-state index contributed by atoms with van der Waals surface area (Å²) in [6.45, 7) is 25.4. The Balaban J connectivity index is 0.000000122. The molecular weight excluding hydrogens is 1510 g/mol. The zero-order chi connectivity index (χ0) is 85.7. The Hall–Kier alpha value is -14.4. The molecule has 610 valence electrons. The van der Waals surface area contributed by atoms with Crippen LogP contribution in [-0.2, 0) is 0 Å². The number of aryl methyl sites for hydroxylation is 8. The highest BCUT2D eigenvalue weighted by Crippen LogP contribution is 2.38. The van der Waals surface area contributed by atoms with Gasteiger partial charge in [0.25, 0.3) is 0 Å². The van der Waals surface area contributed by atoms with Gasteiger partial charge in [0.05, 0.1) is 0 Å². The van der Waals surface area contributed by atoms with Crippen LogP contribution >= 0.6 is 0 Å². The summed E-state index contributed by atoms with van der Waals surface area (Å²) in [6.07, 6.45) is 6.59. The van der Waals surface area contributed by atoms with Gasteiger partial charge in [0.2, 0.25) is 0 Å². The van der Waals surface area contributed by atoms with E-state index in [-0.39, 0.29) is 0 Å². The van der Waals surface area contributed by atoms with E-state index in [4.69, 9.17) is 39.9 Å². The fraction of sp³-hybridized carbons (Fsp3) is 0.179. The third kappa shape index (κ3) is 20.3. The van der Waals surface area contributed by atoms with Crippen molar-refractivity contribution >= 4 is 21.5 Å². The van der Waals surface area contributed by atoms with E-state index < -0.39 is 0 Å². The molecule has 0 amide bonds. The number of hydrogen-bond acceptors (Lipinski definition) is 12. The molecular formula is C112H102N12. The van der Waals surface area contributed by atoms with Crippen molar-refractivity contribution in [2.75, 3.05) is 0 Å². The van der Waals surface area contributed by atoms with E-state index in [1.807, 2.05) is 92.7 Å². The average Bonchev–Trinajstić information content (AvgIpc) is 0.415. The van der Waals surface area contributed by atoms with Crippen molar-refractivity contribution < 1.29 is 0 Å². The molecule has 0 bridgehead atoms. The van der Waals surface area contributed by atoms with Crippen molar-refractivity contribution in [3.8, 4) is 136 Å². The fourth-order valence-electron chi connectivity index (χ4n) is 16.1. The lowest BCUT2D eigenvalue weighted by Crippen LogP contribution is -2.05. The van der Waals surface area contributed by atoms with Crippen molar-refractivity contribution in [1.82, 2.24) is 59.8 Å². The van der Waals surface area contributed by atoms with E-state index in [0.717, 1.165) is 78.4 Å². The lowest BCUT2D eigenvalue weighted by Gasteiger charge is -2.22. The van der Waals surface area contributed by atoms with Gasteiger partial charge >= 0.3 is 0 Å². The summed E-state index contributed by atoms with van der Waals surface area (Å²) in [7, 11) is 0. The van der Waals surface area contributed by atoms with E-state index in [0.29, 0.717) is 76.0 Å². The van der Waals surface area contributed by atoms with Gasteiger partial charge in [-0.15, -0.1) is 0 Å². The molecule has 12 nitrogen and oxygen atoms in total. The normalized spacial score (nSPS) is 12.0. The number of fused-ring (bicyclic) bond motifs is 2. The lowest BCUT2D eigenvalue weighted by atomic mass is 9.83. The monoisotopic (exact) mass is 1610 g/mol. The van der Waals surface area contributed by atoms with Crippen LogP contribution < -0.4 is 0 Å². The predicted octanol–water partition coefficient (Wildman–Crippen LogP) is 28.6. The number of rotatable bonds is 15. The second-order valence-electron chi connectivity index (χ2n) is 33.2. The second kappa shape index (κ2) is 38.2. The highest BCUT2D eigenvalue weighted by Gasteiger charge is 2.21. The van der Waals surface area contributed by atoms with Crippen LogP contribution in [0.3, 0.4) is 0 Å². The third-order valence-corrected chi connectivity index (χ3v) is 22.9. The lowest BCUT2D eigenvalue weighted by molar-refractivity contribution is 0.443. The van der Waals surface area contributed by atoms with E-state index in [9.17, 15) is 0 Å². The number of hydrogen-bond donors (Lipinski definition) is 0. The summed E-state index contributed by atoms with van der Waals surface area (Å²) < 4.78 is 0. The molecule has 18 aromatic rings. The largest absolute Gasteiger partial charge is 0.213 e. The number of benzene rings is 14. The minimum atomic E-state index is 0.491. The van der Waals surface area contributed by atoms with Crippen LogP contribution in [0.1, 0.15) is 139 Å². The van der Waals surface area contributed by atoms with Crippen molar-refractivity contribution in [3.63, 3.8) is 0 Å². The molecule has 1 aliphatic carbocycles. The Morgan fingerprint density at radius 2 is 0.484 bits per heavy atom. The van der Waals surface area contributed by atoms with Gasteiger partial charge in [-0.2, -0.15) is 0 Å². The number of nitrogens with zero attached hydrogens (tertiary/aromatic N) is 12. The van der Waals surface area contributed by atoms with Crippen LogP contribution in [0.15, 0.2) is 322 Å². The molecule has 12 heteroatoms. The first kappa shape index (κ1) is 83.3. The summed E-state index contributed by atoms with van der Waals surface area (Å²) in [5, 5.41) is 4.96. The molecule has 0 radical (unpaired) electrons. The van der Waals surface area contributed by atoms with Gasteiger partial charge in [-0.3, -0.25) is 0 Å². The van der Waals surface area contributed by atoms with Gasteiger partial charge in [-0.25, -0.2) is 59.8 Å². The highest BCUT2D eigenvalue weighted by molar-refractivity contribution is 5.91. The van der Waals surface area contributed by atoms with E-state index >= 15 is 0 Å². The van der Waals surface area contributed by atoms with Gasteiger partial charge in [0, 0.05) is 55.6 Å². The Morgan fingerprint density at radius 3 is 0.839 bits per heavy atom. The van der Waals surface area contributed by atoms with Crippen LogP contribution in [0.4, 0.5) is 0 Å². The maximum absolute atomic E-state index is 4.89. The molecule has 0 saturated heterocycles. The molecule has 0 atom stereocenters. The molecule has 0 N–H and O–H groups in total. The van der Waals surface area contributed by atoms with Gasteiger partial charge in [0.1, 0.15) is 11.6 Å². The summed E-state index contributed by atoms with van der Waals surface area (Å²) >= 11 is 0. The topological polar surface area (TPSA) is 155 Å².